The van der Waals surface area contributed by atoms with Gasteiger partial charge in [0.2, 0.25) is 0 Å². The summed E-state index contributed by atoms with van der Waals surface area (Å²) in [6.45, 7) is 5.84. The maximum Gasteiger partial charge on any atom is 0.328 e. The topological polar surface area (TPSA) is 55.1 Å². The molecule has 0 aromatic carbocycles. The van der Waals surface area contributed by atoms with Crippen molar-refractivity contribution < 1.29 is 9.90 Å². The van der Waals surface area contributed by atoms with Gasteiger partial charge in [-0.2, -0.15) is 5.10 Å². The van der Waals surface area contributed by atoms with Crippen LogP contribution in [0.25, 0.3) is 16.0 Å². The monoisotopic (exact) mass is 276 g/mol. The fourth-order valence-electron chi connectivity index (χ4n) is 2.07. The summed E-state index contributed by atoms with van der Waals surface area (Å²) in [5, 5.41) is 13.2. The van der Waals surface area contributed by atoms with Gasteiger partial charge in [0.25, 0.3) is 0 Å². The predicted molar refractivity (Wildman–Crippen MR) is 77.3 cm³/mol. The summed E-state index contributed by atoms with van der Waals surface area (Å²) in [5.74, 6) is -0.916. The zero-order chi connectivity index (χ0) is 14.2. The summed E-state index contributed by atoms with van der Waals surface area (Å²) < 4.78 is 1.87. The van der Waals surface area contributed by atoms with Crippen molar-refractivity contribution in [2.24, 2.45) is 7.05 Å². The van der Waals surface area contributed by atoms with Gasteiger partial charge in [-0.05, 0) is 38.5 Å². The van der Waals surface area contributed by atoms with Crippen molar-refractivity contribution >= 4 is 22.9 Å². The number of rotatable bonds is 3. The number of aromatic nitrogens is 2. The van der Waals surface area contributed by atoms with Gasteiger partial charge in [0.1, 0.15) is 0 Å². The van der Waals surface area contributed by atoms with Crippen LogP contribution < -0.4 is 0 Å². The molecule has 4 nitrogen and oxygen atoms in total. The molecule has 0 aliphatic rings. The highest BCUT2D eigenvalue weighted by molar-refractivity contribution is 7.16. The van der Waals surface area contributed by atoms with E-state index < -0.39 is 5.97 Å². The second kappa shape index (κ2) is 5.01. The van der Waals surface area contributed by atoms with Crippen LogP contribution in [0, 0.1) is 13.8 Å². The van der Waals surface area contributed by atoms with Crippen LogP contribution >= 0.6 is 11.3 Å². The number of thiophene rings is 1. The molecular weight excluding hydrogens is 260 g/mol. The number of carboxylic acid groups (broad SMARTS) is 1. The first-order valence-electron chi connectivity index (χ1n) is 5.92. The van der Waals surface area contributed by atoms with Crippen LogP contribution in [0.15, 0.2) is 18.2 Å². The molecule has 2 aromatic rings. The van der Waals surface area contributed by atoms with Gasteiger partial charge in [-0.25, -0.2) is 4.79 Å². The van der Waals surface area contributed by atoms with E-state index in [1.807, 2.05) is 44.6 Å². The second-order valence-corrected chi connectivity index (χ2v) is 5.58. The molecule has 2 rings (SSSR count). The third-order valence-corrected chi connectivity index (χ3v) is 4.33. The van der Waals surface area contributed by atoms with Gasteiger partial charge < -0.3 is 5.11 Å². The lowest BCUT2D eigenvalue weighted by molar-refractivity contribution is -0.131. The van der Waals surface area contributed by atoms with Gasteiger partial charge >= 0.3 is 5.97 Å². The van der Waals surface area contributed by atoms with Crippen LogP contribution in [-0.2, 0) is 11.8 Å². The Morgan fingerprint density at radius 2 is 2.11 bits per heavy atom. The third-order valence-electron chi connectivity index (χ3n) is 3.09. The van der Waals surface area contributed by atoms with Crippen molar-refractivity contribution in [3.63, 3.8) is 0 Å². The number of hydrogen-bond acceptors (Lipinski definition) is 3. The first-order chi connectivity index (χ1) is 8.90. The van der Waals surface area contributed by atoms with Crippen LogP contribution in [0.1, 0.15) is 23.2 Å². The molecule has 0 fully saturated rings. The minimum Gasteiger partial charge on any atom is -0.478 e. The SMILES string of the molecule is C/C(=C\C(=O)O)c1ccc(-c2c(C)nn(C)c2C)s1. The van der Waals surface area contributed by atoms with E-state index in [0.29, 0.717) is 0 Å². The van der Waals surface area contributed by atoms with Crippen molar-refractivity contribution in [1.82, 2.24) is 9.78 Å². The Labute approximate surface area is 116 Å². The molecule has 100 valence electrons. The van der Waals surface area contributed by atoms with Crippen molar-refractivity contribution in [2.75, 3.05) is 0 Å². The van der Waals surface area contributed by atoms with Crippen LogP contribution in [0.5, 0.6) is 0 Å². The van der Waals surface area contributed by atoms with E-state index in [9.17, 15) is 4.79 Å². The summed E-state index contributed by atoms with van der Waals surface area (Å²) in [6, 6.07) is 3.98. The number of carbonyl (C=O) groups is 1. The molecular formula is C14H16N2O2S. The Balaban J connectivity index is 2.44. The van der Waals surface area contributed by atoms with E-state index in [0.717, 1.165) is 32.3 Å². The molecule has 0 unspecified atom stereocenters. The molecule has 0 aliphatic carbocycles. The van der Waals surface area contributed by atoms with Crippen LogP contribution in [-0.4, -0.2) is 20.9 Å². The number of allylic oxidation sites excluding steroid dienone is 1. The Morgan fingerprint density at radius 3 is 2.63 bits per heavy atom. The van der Waals surface area contributed by atoms with Gasteiger partial charge in [0.05, 0.1) is 5.69 Å². The standard InChI is InChI=1S/C14H16N2O2S/c1-8(7-13(17)18)11-5-6-12(19-11)14-9(2)15-16(4)10(14)3/h5-7H,1-4H3,(H,17,18)/b8-7+. The number of aryl methyl sites for hydroxylation is 2. The summed E-state index contributed by atoms with van der Waals surface area (Å²) >= 11 is 1.59. The summed E-state index contributed by atoms with van der Waals surface area (Å²) in [7, 11) is 1.93. The summed E-state index contributed by atoms with van der Waals surface area (Å²) in [5.41, 5.74) is 4.02. The van der Waals surface area contributed by atoms with E-state index in [4.69, 9.17) is 5.11 Å². The molecule has 2 aromatic heterocycles. The van der Waals surface area contributed by atoms with Crippen LogP contribution in [0.3, 0.4) is 0 Å². The van der Waals surface area contributed by atoms with Crippen LogP contribution in [0.4, 0.5) is 0 Å². The molecule has 1 N–H and O–H groups in total. The molecule has 0 atom stereocenters. The maximum atomic E-state index is 10.7. The first kappa shape index (κ1) is 13.5. The lowest BCUT2D eigenvalue weighted by atomic mass is 10.1. The minimum absolute atomic E-state index is 0.767. The smallest absolute Gasteiger partial charge is 0.328 e. The van der Waals surface area contributed by atoms with Crippen molar-refractivity contribution in [1.29, 1.82) is 0 Å². The first-order valence-corrected chi connectivity index (χ1v) is 6.73. The molecule has 0 bridgehead atoms. The van der Waals surface area contributed by atoms with Crippen molar-refractivity contribution in [2.45, 2.75) is 20.8 Å². The van der Waals surface area contributed by atoms with E-state index >= 15 is 0 Å². The average molecular weight is 276 g/mol. The Bertz CT molecular complexity index is 665. The van der Waals surface area contributed by atoms with Gasteiger partial charge in [-0.15, -0.1) is 11.3 Å². The van der Waals surface area contributed by atoms with Gasteiger partial charge in [-0.1, -0.05) is 0 Å². The lowest BCUT2D eigenvalue weighted by Gasteiger charge is -1.98. The lowest BCUT2D eigenvalue weighted by Crippen LogP contribution is -1.92. The minimum atomic E-state index is -0.916. The fourth-order valence-corrected chi connectivity index (χ4v) is 3.20. The normalized spacial score (nSPS) is 11.9. The highest BCUT2D eigenvalue weighted by atomic mass is 32.1. The summed E-state index contributed by atoms with van der Waals surface area (Å²) in [4.78, 5) is 12.8. The van der Waals surface area contributed by atoms with Gasteiger partial charge in [0, 0.05) is 34.1 Å². The quantitative estimate of drug-likeness (QED) is 0.875. The van der Waals surface area contributed by atoms with E-state index in [1.54, 1.807) is 11.3 Å². The molecule has 0 spiro atoms. The Morgan fingerprint density at radius 1 is 1.42 bits per heavy atom. The largest absolute Gasteiger partial charge is 0.478 e. The average Bonchev–Trinajstić information content (AvgIpc) is 2.85. The zero-order valence-electron chi connectivity index (χ0n) is 11.4. The molecule has 19 heavy (non-hydrogen) atoms. The van der Waals surface area contributed by atoms with E-state index in [1.165, 1.54) is 6.08 Å². The van der Waals surface area contributed by atoms with Gasteiger partial charge in [0.15, 0.2) is 0 Å². The highest BCUT2D eigenvalue weighted by Gasteiger charge is 2.14. The van der Waals surface area contributed by atoms with Crippen molar-refractivity contribution in [3.8, 4) is 10.4 Å². The summed E-state index contributed by atoms with van der Waals surface area (Å²) in [6.07, 6.45) is 1.23. The second-order valence-electron chi connectivity index (χ2n) is 4.50. The zero-order valence-corrected chi connectivity index (χ0v) is 12.2. The van der Waals surface area contributed by atoms with Crippen molar-refractivity contribution in [3.05, 3.63) is 34.5 Å². The predicted octanol–water partition coefficient (Wildman–Crippen LogP) is 3.25. The highest BCUT2D eigenvalue weighted by Crippen LogP contribution is 2.35. The van der Waals surface area contributed by atoms with E-state index in [2.05, 4.69) is 5.10 Å². The fraction of sp³-hybridized carbons (Fsp3) is 0.286. The molecule has 0 amide bonds. The number of nitrogens with zero attached hydrogens (tertiary/aromatic N) is 2. The van der Waals surface area contributed by atoms with Crippen LogP contribution in [0.2, 0.25) is 0 Å². The third kappa shape index (κ3) is 2.61. The molecule has 0 radical (unpaired) electrons. The Hall–Kier alpha value is -1.88. The maximum absolute atomic E-state index is 10.7. The Kier molecular flexibility index (Phi) is 3.57. The number of hydrogen-bond donors (Lipinski definition) is 1. The number of aliphatic carboxylic acids is 1. The van der Waals surface area contributed by atoms with E-state index in [-0.39, 0.29) is 0 Å². The molecule has 0 saturated carbocycles. The van der Waals surface area contributed by atoms with Gasteiger partial charge in [-0.3, -0.25) is 4.68 Å². The molecule has 0 aliphatic heterocycles. The number of carboxylic acids is 1. The molecule has 2 heterocycles. The molecule has 5 heteroatoms. The molecule has 0 saturated heterocycles.